The van der Waals surface area contributed by atoms with Gasteiger partial charge in [-0.1, -0.05) is 41.6 Å². The number of anilines is 1. The molecule has 0 radical (unpaired) electrons. The van der Waals surface area contributed by atoms with Crippen molar-refractivity contribution in [1.82, 2.24) is 15.2 Å². The van der Waals surface area contributed by atoms with Gasteiger partial charge in [0.1, 0.15) is 5.82 Å². The van der Waals surface area contributed by atoms with Crippen molar-refractivity contribution in [3.8, 4) is 0 Å². The van der Waals surface area contributed by atoms with Crippen LogP contribution in [0.4, 0.5) is 5.69 Å². The molecular weight excluding hydrogens is 364 g/mol. The van der Waals surface area contributed by atoms with Gasteiger partial charge in [0.05, 0.1) is 16.0 Å². The Morgan fingerprint density at radius 1 is 1.38 bits per heavy atom. The highest BCUT2D eigenvalue weighted by atomic mass is 35.5. The summed E-state index contributed by atoms with van der Waals surface area (Å²) in [5.41, 5.74) is 0.602. The number of H-pyrrole nitrogens is 1. The van der Waals surface area contributed by atoms with Gasteiger partial charge in [-0.2, -0.15) is 0 Å². The molecule has 1 aromatic carbocycles. The summed E-state index contributed by atoms with van der Waals surface area (Å²) < 4.78 is 0. The minimum Gasteiger partial charge on any atom is -0.324 e. The van der Waals surface area contributed by atoms with E-state index in [0.717, 1.165) is 5.82 Å². The molecule has 3 aromatic rings. The third-order valence-corrected chi connectivity index (χ3v) is 5.38. The van der Waals surface area contributed by atoms with Gasteiger partial charge in [-0.25, -0.2) is 4.98 Å². The molecule has 5 nitrogen and oxygen atoms in total. The Hall–Kier alpha value is -1.83. The van der Waals surface area contributed by atoms with Gasteiger partial charge in [0, 0.05) is 11.3 Å². The fourth-order valence-corrected chi connectivity index (χ4v) is 3.63. The second-order valence-corrected chi connectivity index (χ2v) is 7.80. The molecule has 0 saturated carbocycles. The zero-order valence-corrected chi connectivity index (χ0v) is 15.2. The van der Waals surface area contributed by atoms with Crippen LogP contribution >= 0.6 is 34.7 Å². The van der Waals surface area contributed by atoms with Crippen LogP contribution in [0, 0.1) is 0 Å². The Kier molecular flexibility index (Phi) is 5.55. The molecule has 3 rings (SSSR count). The Morgan fingerprint density at radius 2 is 2.21 bits per heavy atom. The van der Waals surface area contributed by atoms with Gasteiger partial charge in [-0.05, 0) is 30.5 Å². The third kappa shape index (κ3) is 4.37. The van der Waals surface area contributed by atoms with Gasteiger partial charge in [0.25, 0.3) is 0 Å². The van der Waals surface area contributed by atoms with Crippen LogP contribution in [0.3, 0.4) is 0 Å². The summed E-state index contributed by atoms with van der Waals surface area (Å²) in [6.07, 6.45) is 0.714. The summed E-state index contributed by atoms with van der Waals surface area (Å²) in [4.78, 5) is 17.9. The Morgan fingerprint density at radius 3 is 2.96 bits per heavy atom. The van der Waals surface area contributed by atoms with E-state index in [4.69, 9.17) is 11.6 Å². The van der Waals surface area contributed by atoms with Crippen LogP contribution < -0.4 is 5.32 Å². The molecule has 1 amide bonds. The Balaban J connectivity index is 1.58. The molecule has 0 spiro atoms. The lowest BCUT2D eigenvalue weighted by Gasteiger charge is -2.11. The number of rotatable bonds is 6. The SMILES string of the molecule is CC(Sc1n[nH]c(Cc2cccs2)n1)C(=O)Nc1ccccc1Cl. The first-order valence-electron chi connectivity index (χ1n) is 7.27. The number of benzene rings is 1. The monoisotopic (exact) mass is 378 g/mol. The topological polar surface area (TPSA) is 70.7 Å². The van der Waals surface area contributed by atoms with Crippen LogP contribution in [0.15, 0.2) is 46.9 Å². The number of aromatic nitrogens is 3. The normalized spacial score (nSPS) is 12.1. The van der Waals surface area contributed by atoms with E-state index in [1.165, 1.54) is 16.6 Å². The number of hydrogen-bond donors (Lipinski definition) is 2. The number of para-hydroxylation sites is 1. The minimum atomic E-state index is -0.341. The standard InChI is InChI=1S/C16H15ClN4OS2/c1-10(15(22)18-13-7-3-2-6-12(13)17)24-16-19-14(20-21-16)9-11-5-4-8-23-11/h2-8,10H,9H2,1H3,(H,18,22)(H,19,20,21). The average molecular weight is 379 g/mol. The number of nitrogens with one attached hydrogen (secondary N) is 2. The first-order valence-corrected chi connectivity index (χ1v) is 9.41. The number of thioether (sulfide) groups is 1. The highest BCUT2D eigenvalue weighted by Gasteiger charge is 2.18. The van der Waals surface area contributed by atoms with Gasteiger partial charge < -0.3 is 5.32 Å². The van der Waals surface area contributed by atoms with Crippen molar-refractivity contribution >= 4 is 46.3 Å². The van der Waals surface area contributed by atoms with Crippen molar-refractivity contribution in [2.75, 3.05) is 5.32 Å². The van der Waals surface area contributed by atoms with E-state index in [-0.39, 0.29) is 11.2 Å². The summed E-state index contributed by atoms with van der Waals surface area (Å²) in [5, 5.41) is 12.7. The van der Waals surface area contributed by atoms with Gasteiger partial charge in [-0.15, -0.1) is 16.4 Å². The van der Waals surface area contributed by atoms with E-state index in [1.807, 2.05) is 30.5 Å². The molecule has 0 saturated heterocycles. The molecule has 1 unspecified atom stereocenters. The molecule has 24 heavy (non-hydrogen) atoms. The van der Waals surface area contributed by atoms with E-state index in [1.54, 1.807) is 23.5 Å². The smallest absolute Gasteiger partial charge is 0.237 e. The zero-order chi connectivity index (χ0) is 16.9. The number of nitrogens with zero attached hydrogens (tertiary/aromatic N) is 2. The second-order valence-electron chi connectivity index (χ2n) is 5.05. The minimum absolute atomic E-state index is 0.141. The average Bonchev–Trinajstić information content (AvgIpc) is 3.22. The molecule has 2 aromatic heterocycles. The molecular formula is C16H15ClN4OS2. The molecule has 8 heteroatoms. The zero-order valence-electron chi connectivity index (χ0n) is 12.8. The number of hydrogen-bond acceptors (Lipinski definition) is 5. The summed E-state index contributed by atoms with van der Waals surface area (Å²) in [6, 6.07) is 11.2. The first-order chi connectivity index (χ1) is 11.6. The fraction of sp³-hybridized carbons (Fsp3) is 0.188. The van der Waals surface area contributed by atoms with Crippen molar-refractivity contribution in [2.24, 2.45) is 0 Å². The highest BCUT2D eigenvalue weighted by Crippen LogP contribution is 2.24. The van der Waals surface area contributed by atoms with E-state index in [2.05, 4.69) is 26.6 Å². The Labute approximate surface area is 152 Å². The van der Waals surface area contributed by atoms with Crippen LogP contribution in [0.2, 0.25) is 5.02 Å². The van der Waals surface area contributed by atoms with E-state index in [9.17, 15) is 4.79 Å². The van der Waals surface area contributed by atoms with Crippen molar-refractivity contribution in [1.29, 1.82) is 0 Å². The summed E-state index contributed by atoms with van der Waals surface area (Å²) in [7, 11) is 0. The number of carbonyl (C=O) groups is 1. The number of thiophene rings is 1. The molecule has 0 aliphatic rings. The number of amides is 1. The summed E-state index contributed by atoms with van der Waals surface area (Å²) in [6.45, 7) is 1.81. The van der Waals surface area contributed by atoms with Crippen LogP contribution in [0.25, 0.3) is 0 Å². The van der Waals surface area contributed by atoms with Gasteiger partial charge in [0.15, 0.2) is 0 Å². The molecule has 0 aliphatic carbocycles. The summed E-state index contributed by atoms with van der Waals surface area (Å²) >= 11 is 9.04. The Bertz CT molecular complexity index is 819. The fourth-order valence-electron chi connectivity index (χ4n) is 2.00. The lowest BCUT2D eigenvalue weighted by atomic mass is 10.3. The van der Waals surface area contributed by atoms with Crippen LogP contribution in [-0.4, -0.2) is 26.3 Å². The molecule has 1 atom stereocenters. The first kappa shape index (κ1) is 17.0. The number of aromatic amines is 1. The van der Waals surface area contributed by atoms with Crippen molar-refractivity contribution in [3.05, 3.63) is 57.5 Å². The molecule has 124 valence electrons. The number of halogens is 1. The maximum Gasteiger partial charge on any atom is 0.237 e. The van der Waals surface area contributed by atoms with E-state index >= 15 is 0 Å². The van der Waals surface area contributed by atoms with Crippen LogP contribution in [0.5, 0.6) is 0 Å². The molecule has 0 fully saturated rings. The van der Waals surface area contributed by atoms with E-state index < -0.39 is 0 Å². The predicted octanol–water partition coefficient (Wildman–Crippen LogP) is 4.23. The number of carbonyl (C=O) groups excluding carboxylic acids is 1. The largest absolute Gasteiger partial charge is 0.324 e. The van der Waals surface area contributed by atoms with Crippen molar-refractivity contribution in [3.63, 3.8) is 0 Å². The van der Waals surface area contributed by atoms with Gasteiger partial charge >= 0.3 is 0 Å². The summed E-state index contributed by atoms with van der Waals surface area (Å²) in [5.74, 6) is 0.649. The lowest BCUT2D eigenvalue weighted by molar-refractivity contribution is -0.115. The van der Waals surface area contributed by atoms with Crippen LogP contribution in [-0.2, 0) is 11.2 Å². The van der Waals surface area contributed by atoms with Gasteiger partial charge in [0.2, 0.25) is 11.1 Å². The van der Waals surface area contributed by atoms with E-state index in [0.29, 0.717) is 22.3 Å². The molecule has 0 aliphatic heterocycles. The van der Waals surface area contributed by atoms with Crippen molar-refractivity contribution < 1.29 is 4.79 Å². The lowest BCUT2D eigenvalue weighted by Crippen LogP contribution is -2.22. The quantitative estimate of drug-likeness (QED) is 0.629. The second kappa shape index (κ2) is 7.83. The molecule has 0 bridgehead atoms. The molecule has 2 heterocycles. The van der Waals surface area contributed by atoms with Crippen LogP contribution in [0.1, 0.15) is 17.6 Å². The molecule has 2 N–H and O–H groups in total. The maximum atomic E-state index is 12.3. The third-order valence-electron chi connectivity index (χ3n) is 3.22. The van der Waals surface area contributed by atoms with Crippen molar-refractivity contribution in [2.45, 2.75) is 23.8 Å². The maximum absolute atomic E-state index is 12.3. The highest BCUT2D eigenvalue weighted by molar-refractivity contribution is 8.00. The van der Waals surface area contributed by atoms with Gasteiger partial charge in [-0.3, -0.25) is 9.89 Å². The predicted molar refractivity (Wildman–Crippen MR) is 98.9 cm³/mol.